The predicted octanol–water partition coefficient (Wildman–Crippen LogP) is -3.28. The molecule has 3 N–H and O–H groups in total. The Morgan fingerprint density at radius 2 is 1.33 bits per heavy atom. The van der Waals surface area contributed by atoms with Crippen LogP contribution in [0.5, 0.6) is 0 Å². The van der Waals surface area contributed by atoms with Crippen LogP contribution in [0.25, 0.3) is 0 Å². The molecule has 0 aliphatic rings. The van der Waals surface area contributed by atoms with Crippen molar-refractivity contribution in [2.45, 2.75) is 0 Å². The summed E-state index contributed by atoms with van der Waals surface area (Å²) in [6, 6.07) is 0. The Morgan fingerprint density at radius 1 is 1.33 bits per heavy atom. The van der Waals surface area contributed by atoms with Gasteiger partial charge in [-0.3, -0.25) is 0 Å². The van der Waals surface area contributed by atoms with Crippen LogP contribution in [0, 0.1) is 0 Å². The molecule has 0 aliphatic carbocycles. The Labute approximate surface area is 85.1 Å². The van der Waals surface area contributed by atoms with Gasteiger partial charge >= 0.3 is 74.4 Å². The molecule has 0 bridgehead atoms. The molecule has 0 saturated carbocycles. The molecule has 0 aromatic carbocycles. The van der Waals surface area contributed by atoms with Crippen molar-refractivity contribution in [1.29, 1.82) is 0 Å². The summed E-state index contributed by atoms with van der Waals surface area (Å²) in [5, 5.41) is 0. The van der Waals surface area contributed by atoms with Crippen LogP contribution in [0.3, 0.4) is 0 Å². The van der Waals surface area contributed by atoms with Crippen molar-refractivity contribution in [3.8, 4) is 0 Å². The van der Waals surface area contributed by atoms with Gasteiger partial charge in [0.15, 0.2) is 0 Å². The first-order valence-electron chi connectivity index (χ1n) is 0.993. The van der Waals surface area contributed by atoms with Gasteiger partial charge in [0.05, 0.1) is 7.05 Å². The van der Waals surface area contributed by atoms with Crippen LogP contribution >= 0.6 is 37.2 Å². The van der Waals surface area contributed by atoms with Crippen molar-refractivity contribution in [3.05, 3.63) is 0 Å². The van der Waals surface area contributed by atoms with Gasteiger partial charge in [0.1, 0.15) is 0 Å². The monoisotopic (exact) mass is 535 g/mol. The number of quaternary nitrogens is 1. The van der Waals surface area contributed by atoms with Crippen molar-refractivity contribution < 1.29 is 19.0 Å². The predicted molar refractivity (Wildman–Crippen MR) is 45.4 cm³/mol. The van der Waals surface area contributed by atoms with E-state index in [1.54, 1.807) is 7.05 Å². The molecule has 0 fully saturated rings. The molecule has 0 aromatic heterocycles. The van der Waals surface area contributed by atoms with E-state index in [4.69, 9.17) is 0 Å². The molecule has 0 amide bonds. The fourth-order valence-corrected chi connectivity index (χ4v) is 0. The van der Waals surface area contributed by atoms with E-state index in [1.165, 1.54) is 0 Å². The molecule has 0 rings (SSSR count). The molecule has 5 heteroatoms. The summed E-state index contributed by atoms with van der Waals surface area (Å²) in [6.07, 6.45) is 0. The fraction of sp³-hybridized carbons (Fsp3) is 1.00. The summed E-state index contributed by atoms with van der Waals surface area (Å²) in [7, 11) is 1.75. The van der Waals surface area contributed by atoms with E-state index < -0.39 is 0 Å². The Bertz CT molecular complexity index is 10.8. The van der Waals surface area contributed by atoms with Crippen LogP contribution in [0.4, 0.5) is 0 Å². The Balaban J connectivity index is -0.0000000275. The van der Waals surface area contributed by atoms with E-state index in [-0.39, 0.29) is 23.9 Å². The Kier molecular flexibility index (Phi) is 65.5. The molecule has 6 heavy (non-hydrogen) atoms. The van der Waals surface area contributed by atoms with Gasteiger partial charge in [0.25, 0.3) is 0 Å². The first-order valence-corrected chi connectivity index (χ1v) is 13.6. The first kappa shape index (κ1) is 16.0. The maximum absolute atomic E-state index is 3.25. The molecule has 1 nitrogen and oxygen atoms in total. The third kappa shape index (κ3) is 28.3. The van der Waals surface area contributed by atoms with Crippen molar-refractivity contribution >= 4 is 61.1 Å². The number of hydrogen-bond donors (Lipinski definition) is 1. The summed E-state index contributed by atoms with van der Waals surface area (Å²) in [5.74, 6) is 0. The zero-order valence-corrected chi connectivity index (χ0v) is 14.1. The fourth-order valence-electron chi connectivity index (χ4n) is 0. The van der Waals surface area contributed by atoms with Gasteiger partial charge in [-0.2, -0.15) is 0 Å². The van der Waals surface area contributed by atoms with E-state index in [2.05, 4.69) is 43.0 Å². The van der Waals surface area contributed by atoms with E-state index in [0.29, 0.717) is 13.3 Å². The van der Waals surface area contributed by atoms with Crippen LogP contribution in [0.15, 0.2) is 0 Å². The summed E-state index contributed by atoms with van der Waals surface area (Å²) >= 11 is 5.30. The topological polar surface area (TPSA) is 27.6 Å². The number of halogens is 3. The van der Waals surface area contributed by atoms with Gasteiger partial charge in [0.2, 0.25) is 0 Å². The summed E-state index contributed by atoms with van der Waals surface area (Å²) in [5.41, 5.74) is 3.25. The Morgan fingerprint density at radius 3 is 1.33 bits per heavy atom. The van der Waals surface area contributed by atoms with Gasteiger partial charge in [-0.05, 0) is 0 Å². The van der Waals surface area contributed by atoms with Crippen LogP contribution in [0.2, 0.25) is 0 Å². The van der Waals surface area contributed by atoms with Crippen molar-refractivity contribution in [3.63, 3.8) is 0 Å². The van der Waals surface area contributed by atoms with Crippen LogP contribution in [-0.2, 0) is 0 Å². The normalized spacial score (nSPS) is 4.67. The quantitative estimate of drug-likeness (QED) is 0.250. The van der Waals surface area contributed by atoms with Crippen LogP contribution in [-0.4, -0.2) is 31.0 Å². The zero-order chi connectivity index (χ0) is 4.71. The summed E-state index contributed by atoms with van der Waals surface area (Å²) in [6.45, 7) is 0. The molecule has 0 heterocycles. The number of hydrogen-bond acceptors (Lipinski definition) is 0. The standard InChI is InChI=1S/CH5N.I3.Sn.2H/c1-2;1-3-2;;;/h2H2,1H3;;;;/q;-1;;;/p+1. The van der Waals surface area contributed by atoms with Crippen LogP contribution in [0.1, 0.15) is 0 Å². The second-order valence-corrected chi connectivity index (χ2v) is 16.3. The summed E-state index contributed by atoms with van der Waals surface area (Å²) < 4.78 is 0. The molecule has 42 valence electrons. The molecule has 0 atom stereocenters. The van der Waals surface area contributed by atoms with Gasteiger partial charge in [-0.25, -0.2) is 0 Å². The maximum atomic E-state index is 3.25. The van der Waals surface area contributed by atoms with Gasteiger partial charge in [-0.15, -0.1) is 0 Å². The first-order chi connectivity index (χ1) is 2.41. The van der Waals surface area contributed by atoms with Gasteiger partial charge in [0, 0.05) is 0 Å². The summed E-state index contributed by atoms with van der Waals surface area (Å²) in [4.78, 5) is 0. The van der Waals surface area contributed by atoms with Gasteiger partial charge < -0.3 is 5.73 Å². The SMILES string of the molecule is C[NH3+].I[I-]I.[SnH2]. The molecular formula is CH8I3NSn. The third-order valence-corrected chi connectivity index (χ3v) is 0. The molecule has 0 unspecified atom stereocenters. The van der Waals surface area contributed by atoms with E-state index in [0.717, 1.165) is 0 Å². The molecule has 2 radical (unpaired) electrons. The average Bonchev–Trinajstić information content (AvgIpc) is 1.46. The van der Waals surface area contributed by atoms with Gasteiger partial charge in [-0.1, -0.05) is 0 Å². The molecule has 0 aliphatic heterocycles. The second kappa shape index (κ2) is 24.6. The molecular weight excluding hydrogens is 525 g/mol. The van der Waals surface area contributed by atoms with E-state index in [1.807, 2.05) is 0 Å². The van der Waals surface area contributed by atoms with Crippen molar-refractivity contribution in [2.75, 3.05) is 7.05 Å². The van der Waals surface area contributed by atoms with Crippen molar-refractivity contribution in [1.82, 2.24) is 0 Å². The minimum absolute atomic E-state index is 0. The van der Waals surface area contributed by atoms with Crippen LogP contribution < -0.4 is 19.0 Å². The zero-order valence-electron chi connectivity index (χ0n) is 3.55. The minimum atomic E-state index is 0. The molecule has 0 saturated heterocycles. The van der Waals surface area contributed by atoms with E-state index >= 15 is 0 Å². The second-order valence-electron chi connectivity index (χ2n) is 0.0540. The average molecular weight is 534 g/mol. The molecule has 0 spiro atoms. The third-order valence-electron chi connectivity index (χ3n) is 0. The number of rotatable bonds is 0. The Hall–Kier alpha value is 2.95. The van der Waals surface area contributed by atoms with Crippen molar-refractivity contribution in [2.24, 2.45) is 0 Å². The molecule has 0 aromatic rings. The van der Waals surface area contributed by atoms with E-state index in [9.17, 15) is 0 Å².